The Hall–Kier alpha value is -3.18. The van der Waals surface area contributed by atoms with Gasteiger partial charge in [-0.15, -0.1) is 0 Å². The van der Waals surface area contributed by atoms with Crippen molar-refractivity contribution in [2.75, 3.05) is 10.5 Å². The van der Waals surface area contributed by atoms with Crippen molar-refractivity contribution < 1.29 is 17.2 Å². The second-order valence-electron chi connectivity index (χ2n) is 8.08. The van der Waals surface area contributed by atoms with Crippen LogP contribution in [0.5, 0.6) is 0 Å². The van der Waals surface area contributed by atoms with E-state index in [2.05, 4.69) is 19.3 Å². The first kappa shape index (κ1) is 22.6. The molecule has 1 fully saturated rings. The Morgan fingerprint density at radius 3 is 2.38 bits per heavy atom. The van der Waals surface area contributed by atoms with Crippen LogP contribution in [0, 0.1) is 11.6 Å². The minimum atomic E-state index is -4.43. The monoisotopic (exact) mass is 501 g/mol. The Morgan fingerprint density at radius 2 is 1.71 bits per heavy atom. The lowest BCUT2D eigenvalue weighted by Gasteiger charge is -2.12. The molecule has 1 aliphatic carbocycles. The van der Waals surface area contributed by atoms with Crippen molar-refractivity contribution in [3.8, 4) is 0 Å². The molecule has 0 spiro atoms. The molecule has 2 heterocycles. The number of sulfonamides is 1. The molecule has 0 radical (unpaired) electrons. The van der Waals surface area contributed by atoms with E-state index in [1.165, 1.54) is 43.1 Å². The van der Waals surface area contributed by atoms with E-state index >= 15 is 0 Å². The Kier molecular flexibility index (Phi) is 5.90. The van der Waals surface area contributed by atoms with Gasteiger partial charge in [0.2, 0.25) is 0 Å². The van der Waals surface area contributed by atoms with Crippen LogP contribution in [0.2, 0.25) is 0 Å². The van der Waals surface area contributed by atoms with Gasteiger partial charge < -0.3 is 10.3 Å². The molecule has 1 saturated carbocycles. The van der Waals surface area contributed by atoms with Gasteiger partial charge in [-0.3, -0.25) is 4.72 Å². The number of nitrogen functional groups attached to an aromatic ring is 1. The van der Waals surface area contributed by atoms with Crippen LogP contribution < -0.4 is 10.5 Å². The summed E-state index contributed by atoms with van der Waals surface area (Å²) in [7, 11) is -4.43. The smallest absolute Gasteiger partial charge is 0.267 e. The van der Waals surface area contributed by atoms with Crippen molar-refractivity contribution in [3.05, 3.63) is 66.6 Å². The molecule has 0 amide bonds. The molecular weight excluding hydrogens is 480 g/mol. The summed E-state index contributed by atoms with van der Waals surface area (Å²) in [5, 5.41) is 0.791. The van der Waals surface area contributed by atoms with Crippen LogP contribution in [0.15, 0.2) is 69.7 Å². The number of nitrogens with zero attached hydrogens (tertiary/aromatic N) is 3. The van der Waals surface area contributed by atoms with E-state index in [1.54, 1.807) is 12.1 Å². The zero-order chi connectivity index (χ0) is 23.9. The number of hydrogen-bond donors (Lipinski definition) is 2. The number of benzene rings is 2. The molecule has 2 aromatic carbocycles. The molecule has 0 bridgehead atoms. The molecule has 3 N–H and O–H groups in total. The van der Waals surface area contributed by atoms with Gasteiger partial charge in [0, 0.05) is 27.7 Å². The lowest BCUT2D eigenvalue weighted by Crippen LogP contribution is -2.16. The maximum Gasteiger partial charge on any atom is 0.267 e. The van der Waals surface area contributed by atoms with E-state index in [0.717, 1.165) is 51.9 Å². The van der Waals surface area contributed by atoms with Crippen molar-refractivity contribution >= 4 is 44.3 Å². The standard InChI is InChI=1S/C23H21F2N5O2S2/c24-17-6-3-7-18(25)21(17)34(31,32)29-14-8-10-16(11-9-14)33-19-12-30(15-4-1-2-5-15)23-20(19)22(26)27-13-28-23/h3,6-13,15,29H,1-2,4-5H2,(H2,26,27,28). The Labute approximate surface area is 199 Å². The van der Waals surface area contributed by atoms with Crippen molar-refractivity contribution in [2.45, 2.75) is 46.4 Å². The number of hydrogen-bond acceptors (Lipinski definition) is 6. The lowest BCUT2D eigenvalue weighted by atomic mass is 10.2. The predicted octanol–water partition coefficient (Wildman–Crippen LogP) is 5.36. The number of anilines is 2. The zero-order valence-electron chi connectivity index (χ0n) is 17.9. The van der Waals surface area contributed by atoms with E-state index in [1.807, 2.05) is 6.20 Å². The van der Waals surface area contributed by atoms with Gasteiger partial charge >= 0.3 is 0 Å². The summed E-state index contributed by atoms with van der Waals surface area (Å²) in [6.45, 7) is 0. The molecule has 1 aliphatic rings. The highest BCUT2D eigenvalue weighted by molar-refractivity contribution is 7.99. The van der Waals surface area contributed by atoms with Gasteiger partial charge in [-0.2, -0.15) is 0 Å². The van der Waals surface area contributed by atoms with Gasteiger partial charge in [0.05, 0.1) is 5.39 Å². The van der Waals surface area contributed by atoms with E-state index in [-0.39, 0.29) is 5.69 Å². The SMILES string of the molecule is Nc1ncnc2c1c(Sc1ccc(NS(=O)(=O)c3c(F)cccc3F)cc1)cn2C1CCCC1. The second kappa shape index (κ2) is 8.88. The van der Waals surface area contributed by atoms with Crippen molar-refractivity contribution in [3.63, 3.8) is 0 Å². The molecule has 0 saturated heterocycles. The number of nitrogens with one attached hydrogen (secondary N) is 1. The topological polar surface area (TPSA) is 103 Å². The predicted molar refractivity (Wildman–Crippen MR) is 127 cm³/mol. The van der Waals surface area contributed by atoms with Gasteiger partial charge in [-0.05, 0) is 49.2 Å². The van der Waals surface area contributed by atoms with E-state index in [0.29, 0.717) is 11.9 Å². The molecule has 7 nitrogen and oxygen atoms in total. The summed E-state index contributed by atoms with van der Waals surface area (Å²) in [5.41, 5.74) is 7.17. The highest BCUT2D eigenvalue weighted by Gasteiger charge is 2.25. The van der Waals surface area contributed by atoms with Crippen LogP contribution in [0.1, 0.15) is 31.7 Å². The van der Waals surface area contributed by atoms with Crippen LogP contribution in [0.3, 0.4) is 0 Å². The fourth-order valence-electron chi connectivity index (χ4n) is 4.28. The van der Waals surface area contributed by atoms with Gasteiger partial charge in [0.1, 0.15) is 29.4 Å². The third-order valence-electron chi connectivity index (χ3n) is 5.84. The number of halogens is 2. The molecule has 2 aromatic heterocycles. The average Bonchev–Trinajstić information content (AvgIpc) is 3.43. The van der Waals surface area contributed by atoms with Gasteiger partial charge in [0.15, 0.2) is 4.90 Å². The molecular formula is C23H21F2N5O2S2. The van der Waals surface area contributed by atoms with Gasteiger partial charge in [-0.1, -0.05) is 30.7 Å². The summed E-state index contributed by atoms with van der Waals surface area (Å²) in [5.74, 6) is -1.91. The number of fused-ring (bicyclic) bond motifs is 1. The third kappa shape index (κ3) is 4.21. The maximum absolute atomic E-state index is 13.9. The second-order valence-corrected chi connectivity index (χ2v) is 10.8. The highest BCUT2D eigenvalue weighted by Crippen LogP contribution is 2.40. The number of rotatable bonds is 6. The number of aromatic nitrogens is 3. The van der Waals surface area contributed by atoms with Crippen LogP contribution in [-0.2, 0) is 10.0 Å². The van der Waals surface area contributed by atoms with Gasteiger partial charge in [0.25, 0.3) is 10.0 Å². The van der Waals surface area contributed by atoms with Crippen LogP contribution in [0.4, 0.5) is 20.3 Å². The summed E-state index contributed by atoms with van der Waals surface area (Å²) in [6.07, 6.45) is 8.07. The van der Waals surface area contributed by atoms with Crippen LogP contribution in [-0.4, -0.2) is 23.0 Å². The third-order valence-corrected chi connectivity index (χ3v) is 8.31. The zero-order valence-corrected chi connectivity index (χ0v) is 19.5. The lowest BCUT2D eigenvalue weighted by molar-refractivity contribution is 0.521. The van der Waals surface area contributed by atoms with Crippen LogP contribution >= 0.6 is 11.8 Å². The van der Waals surface area contributed by atoms with Gasteiger partial charge in [-0.25, -0.2) is 27.2 Å². The Balaban J connectivity index is 1.41. The van der Waals surface area contributed by atoms with Crippen molar-refractivity contribution in [2.24, 2.45) is 0 Å². The highest BCUT2D eigenvalue weighted by atomic mass is 32.2. The molecule has 34 heavy (non-hydrogen) atoms. The first-order valence-corrected chi connectivity index (χ1v) is 13.0. The molecule has 0 atom stereocenters. The van der Waals surface area contributed by atoms with E-state index in [9.17, 15) is 17.2 Å². The Morgan fingerprint density at radius 1 is 1.03 bits per heavy atom. The maximum atomic E-state index is 13.9. The van der Waals surface area contributed by atoms with Crippen LogP contribution in [0.25, 0.3) is 11.0 Å². The Bertz CT molecular complexity index is 1450. The quantitative estimate of drug-likeness (QED) is 0.369. The summed E-state index contributed by atoms with van der Waals surface area (Å²) >= 11 is 1.46. The fourth-order valence-corrected chi connectivity index (χ4v) is 6.46. The summed E-state index contributed by atoms with van der Waals surface area (Å²) in [4.78, 5) is 9.34. The largest absolute Gasteiger partial charge is 0.383 e. The summed E-state index contributed by atoms with van der Waals surface area (Å²) in [6, 6.07) is 9.80. The van der Waals surface area contributed by atoms with Crippen molar-refractivity contribution in [1.82, 2.24) is 14.5 Å². The van der Waals surface area contributed by atoms with E-state index in [4.69, 9.17) is 5.73 Å². The minimum Gasteiger partial charge on any atom is -0.383 e. The normalized spacial score (nSPS) is 14.6. The summed E-state index contributed by atoms with van der Waals surface area (Å²) < 4.78 is 57.3. The molecule has 11 heteroatoms. The first-order valence-electron chi connectivity index (χ1n) is 10.7. The van der Waals surface area contributed by atoms with E-state index < -0.39 is 26.6 Å². The minimum absolute atomic E-state index is 0.184. The molecule has 0 aliphatic heterocycles. The van der Waals surface area contributed by atoms with Crippen molar-refractivity contribution in [1.29, 1.82) is 0 Å². The molecule has 176 valence electrons. The number of nitrogens with two attached hydrogens (primary N) is 1. The molecule has 5 rings (SSSR count). The fraction of sp³-hybridized carbons (Fsp3) is 0.217. The first-order chi connectivity index (χ1) is 16.3. The molecule has 4 aromatic rings. The average molecular weight is 502 g/mol. The molecule has 0 unspecified atom stereocenters.